The van der Waals surface area contributed by atoms with Crippen LogP contribution in [0.25, 0.3) is 10.2 Å². The lowest BCUT2D eigenvalue weighted by molar-refractivity contribution is 0.0694. The third kappa shape index (κ3) is 1.15. The normalized spacial score (nSPS) is 10.5. The van der Waals surface area contributed by atoms with E-state index < -0.39 is 11.8 Å². The lowest BCUT2D eigenvalue weighted by Gasteiger charge is -1.95. The van der Waals surface area contributed by atoms with Gasteiger partial charge >= 0.3 is 5.97 Å². The predicted molar refractivity (Wildman–Crippen MR) is 44.3 cm³/mol. The van der Waals surface area contributed by atoms with Gasteiger partial charge in [-0.3, -0.25) is 0 Å². The predicted octanol–water partition coefficient (Wildman–Crippen LogP) is 1.53. The number of aromatic carboxylic acids is 1. The molecule has 0 bridgehead atoms. The van der Waals surface area contributed by atoms with Crippen LogP contribution in [-0.4, -0.2) is 20.7 Å². The first-order valence-electron chi connectivity index (χ1n) is 3.34. The van der Waals surface area contributed by atoms with E-state index in [2.05, 4.69) is 9.59 Å². The van der Waals surface area contributed by atoms with Gasteiger partial charge in [0.2, 0.25) is 0 Å². The number of carbonyl (C=O) groups is 1. The van der Waals surface area contributed by atoms with Crippen molar-refractivity contribution in [3.8, 4) is 0 Å². The van der Waals surface area contributed by atoms with E-state index in [4.69, 9.17) is 5.11 Å². The first kappa shape index (κ1) is 8.06. The molecule has 2 aromatic rings. The Hall–Kier alpha value is -1.56. The highest BCUT2D eigenvalue weighted by Crippen LogP contribution is 2.22. The molecule has 1 heterocycles. The van der Waals surface area contributed by atoms with Crippen molar-refractivity contribution in [2.24, 2.45) is 0 Å². The molecule has 0 radical (unpaired) electrons. The maximum Gasteiger partial charge on any atom is 0.340 e. The summed E-state index contributed by atoms with van der Waals surface area (Å²) in [7, 11) is 0. The maximum absolute atomic E-state index is 13.0. The fourth-order valence-electron chi connectivity index (χ4n) is 1.02. The number of halogens is 1. The lowest BCUT2D eigenvalue weighted by Crippen LogP contribution is -2.00. The first-order chi connectivity index (χ1) is 6.20. The van der Waals surface area contributed by atoms with Gasteiger partial charge in [-0.15, -0.1) is 5.10 Å². The third-order valence-electron chi connectivity index (χ3n) is 1.58. The Labute approximate surface area is 75.8 Å². The van der Waals surface area contributed by atoms with Crippen molar-refractivity contribution in [2.45, 2.75) is 0 Å². The molecule has 0 saturated heterocycles. The zero-order valence-electron chi connectivity index (χ0n) is 6.19. The van der Waals surface area contributed by atoms with Crippen LogP contribution in [0.2, 0.25) is 0 Å². The van der Waals surface area contributed by atoms with E-state index in [1.54, 1.807) is 0 Å². The molecule has 13 heavy (non-hydrogen) atoms. The summed E-state index contributed by atoms with van der Waals surface area (Å²) >= 11 is 0.874. The van der Waals surface area contributed by atoms with Gasteiger partial charge in [0.15, 0.2) is 0 Å². The molecule has 1 N–H and O–H groups in total. The SMILES string of the molecule is O=C(O)c1c(F)ccc2nnsc12. The number of carboxylic acids is 1. The summed E-state index contributed by atoms with van der Waals surface area (Å²) in [6.45, 7) is 0. The molecule has 2 rings (SSSR count). The molecule has 1 aromatic carbocycles. The Morgan fingerprint density at radius 3 is 3.00 bits per heavy atom. The van der Waals surface area contributed by atoms with Crippen LogP contribution in [0, 0.1) is 5.82 Å². The molecule has 0 spiro atoms. The van der Waals surface area contributed by atoms with Crippen LogP contribution in [0.1, 0.15) is 10.4 Å². The van der Waals surface area contributed by atoms with E-state index in [0.717, 1.165) is 17.6 Å². The van der Waals surface area contributed by atoms with Crippen LogP contribution < -0.4 is 0 Å². The first-order valence-corrected chi connectivity index (χ1v) is 4.11. The van der Waals surface area contributed by atoms with E-state index in [1.165, 1.54) is 6.07 Å². The maximum atomic E-state index is 13.0. The van der Waals surface area contributed by atoms with E-state index in [1.807, 2.05) is 0 Å². The lowest BCUT2D eigenvalue weighted by atomic mass is 10.2. The van der Waals surface area contributed by atoms with Crippen LogP contribution in [0.5, 0.6) is 0 Å². The quantitative estimate of drug-likeness (QED) is 0.754. The van der Waals surface area contributed by atoms with Crippen molar-refractivity contribution < 1.29 is 14.3 Å². The van der Waals surface area contributed by atoms with Gasteiger partial charge in [0, 0.05) is 0 Å². The third-order valence-corrected chi connectivity index (χ3v) is 2.34. The Morgan fingerprint density at radius 2 is 2.31 bits per heavy atom. The summed E-state index contributed by atoms with van der Waals surface area (Å²) in [5, 5.41) is 12.3. The van der Waals surface area contributed by atoms with Gasteiger partial charge < -0.3 is 5.11 Å². The molecule has 0 amide bonds. The smallest absolute Gasteiger partial charge is 0.340 e. The number of hydrogen-bond acceptors (Lipinski definition) is 4. The van der Waals surface area contributed by atoms with E-state index in [-0.39, 0.29) is 10.3 Å². The summed E-state index contributed by atoms with van der Waals surface area (Å²) in [5.41, 5.74) is 0.0521. The van der Waals surface area contributed by atoms with Crippen LogP contribution in [-0.2, 0) is 0 Å². The van der Waals surface area contributed by atoms with Gasteiger partial charge in [0.05, 0.1) is 4.70 Å². The number of benzene rings is 1. The Morgan fingerprint density at radius 1 is 1.54 bits per heavy atom. The van der Waals surface area contributed by atoms with E-state index in [9.17, 15) is 9.18 Å². The number of hydrogen-bond donors (Lipinski definition) is 1. The number of fused-ring (bicyclic) bond motifs is 1. The molecule has 0 aliphatic carbocycles. The van der Waals surface area contributed by atoms with Crippen molar-refractivity contribution in [2.75, 3.05) is 0 Å². The van der Waals surface area contributed by atoms with Crippen LogP contribution in [0.3, 0.4) is 0 Å². The van der Waals surface area contributed by atoms with Gasteiger partial charge in [-0.1, -0.05) is 4.49 Å². The van der Waals surface area contributed by atoms with Gasteiger partial charge in [0.25, 0.3) is 0 Å². The van der Waals surface area contributed by atoms with Crippen molar-refractivity contribution in [3.63, 3.8) is 0 Å². The van der Waals surface area contributed by atoms with E-state index >= 15 is 0 Å². The van der Waals surface area contributed by atoms with Gasteiger partial charge in [-0.25, -0.2) is 9.18 Å². The monoisotopic (exact) mass is 198 g/mol. The topological polar surface area (TPSA) is 63.1 Å². The molecule has 6 heteroatoms. The highest BCUT2D eigenvalue weighted by molar-refractivity contribution is 7.13. The molecular weight excluding hydrogens is 195 g/mol. The van der Waals surface area contributed by atoms with Gasteiger partial charge in [-0.05, 0) is 23.7 Å². The van der Waals surface area contributed by atoms with Crippen molar-refractivity contribution in [1.82, 2.24) is 9.59 Å². The summed E-state index contributed by atoms with van der Waals surface area (Å²) in [4.78, 5) is 10.6. The minimum absolute atomic E-state index is 0.271. The highest BCUT2D eigenvalue weighted by atomic mass is 32.1. The fourth-order valence-corrected chi connectivity index (χ4v) is 1.71. The van der Waals surface area contributed by atoms with Gasteiger partial charge in [0.1, 0.15) is 16.9 Å². The second-order valence-corrected chi connectivity index (χ2v) is 3.10. The van der Waals surface area contributed by atoms with Crippen molar-refractivity contribution in [1.29, 1.82) is 0 Å². The molecule has 66 valence electrons. The molecule has 0 fully saturated rings. The average molecular weight is 198 g/mol. The Balaban J connectivity index is 2.88. The number of rotatable bonds is 1. The Kier molecular flexibility index (Phi) is 1.70. The van der Waals surface area contributed by atoms with Crippen molar-refractivity contribution in [3.05, 3.63) is 23.5 Å². The minimum Gasteiger partial charge on any atom is -0.478 e. The van der Waals surface area contributed by atoms with Gasteiger partial charge in [-0.2, -0.15) is 0 Å². The Bertz CT molecular complexity index is 482. The second kappa shape index (κ2) is 2.74. The molecule has 4 nitrogen and oxygen atoms in total. The van der Waals surface area contributed by atoms with Crippen molar-refractivity contribution >= 4 is 27.7 Å². The standard InChI is InChI=1S/C7H3FN2O2S/c8-3-1-2-4-6(13-10-9-4)5(3)7(11)12/h1-2H,(H,11,12). The largest absolute Gasteiger partial charge is 0.478 e. The van der Waals surface area contributed by atoms with E-state index in [0.29, 0.717) is 5.52 Å². The van der Waals surface area contributed by atoms with Crippen LogP contribution >= 0.6 is 11.5 Å². The molecular formula is C7H3FN2O2S. The summed E-state index contributed by atoms with van der Waals surface area (Å²) in [5.74, 6) is -2.06. The molecule has 1 aromatic heterocycles. The number of aromatic nitrogens is 2. The zero-order chi connectivity index (χ0) is 9.42. The number of nitrogens with zero attached hydrogens (tertiary/aromatic N) is 2. The summed E-state index contributed by atoms with van der Waals surface area (Å²) < 4.78 is 16.8. The zero-order valence-corrected chi connectivity index (χ0v) is 7.01. The minimum atomic E-state index is -1.30. The fraction of sp³-hybridized carbons (Fsp3) is 0. The highest BCUT2D eigenvalue weighted by Gasteiger charge is 2.16. The molecule has 0 aliphatic heterocycles. The molecule has 0 aliphatic rings. The molecule has 0 saturated carbocycles. The molecule has 0 atom stereocenters. The number of carboxylic acid groups (broad SMARTS) is 1. The second-order valence-electron chi connectivity index (χ2n) is 2.35. The summed E-state index contributed by atoms with van der Waals surface area (Å²) in [6, 6.07) is 2.48. The summed E-state index contributed by atoms with van der Waals surface area (Å²) in [6.07, 6.45) is 0. The molecule has 0 unspecified atom stereocenters. The van der Waals surface area contributed by atoms with Crippen LogP contribution in [0.4, 0.5) is 4.39 Å². The van der Waals surface area contributed by atoms with Crippen LogP contribution in [0.15, 0.2) is 12.1 Å². The average Bonchev–Trinajstić information content (AvgIpc) is 2.50.